The minimum Gasteiger partial charge on any atom is -0.314 e. The lowest BCUT2D eigenvalue weighted by Crippen LogP contribution is -2.44. The summed E-state index contributed by atoms with van der Waals surface area (Å²) >= 11 is 0. The van der Waals surface area contributed by atoms with E-state index >= 15 is 0 Å². The summed E-state index contributed by atoms with van der Waals surface area (Å²) < 4.78 is 2.02. The highest BCUT2D eigenvalue weighted by Gasteiger charge is 2.33. The summed E-state index contributed by atoms with van der Waals surface area (Å²) in [7, 11) is 0. The zero-order valence-corrected chi connectivity index (χ0v) is 12.7. The van der Waals surface area contributed by atoms with Crippen molar-refractivity contribution in [2.45, 2.75) is 65.5 Å². The molecule has 0 aliphatic heterocycles. The smallest absolute Gasteiger partial charge is 0.0489 e. The molecule has 0 saturated heterocycles. The second kappa shape index (κ2) is 6.56. The first-order valence-corrected chi connectivity index (χ1v) is 7.78. The first-order chi connectivity index (χ1) is 9.07. The SMILES string of the molecule is CC(C)(C)C1CCCCC1NCCCn1cccn1. The van der Waals surface area contributed by atoms with Crippen LogP contribution < -0.4 is 5.32 Å². The van der Waals surface area contributed by atoms with E-state index in [4.69, 9.17) is 0 Å². The molecule has 1 aliphatic carbocycles. The second-order valence-corrected chi connectivity index (χ2v) is 6.94. The van der Waals surface area contributed by atoms with E-state index in [-0.39, 0.29) is 0 Å². The molecule has 3 nitrogen and oxygen atoms in total. The molecule has 1 aliphatic rings. The molecular formula is C16H29N3. The molecule has 3 heteroatoms. The average molecular weight is 263 g/mol. The van der Waals surface area contributed by atoms with E-state index < -0.39 is 0 Å². The third-order valence-electron chi connectivity index (χ3n) is 4.41. The lowest BCUT2D eigenvalue weighted by molar-refractivity contribution is 0.131. The van der Waals surface area contributed by atoms with Gasteiger partial charge in [0.2, 0.25) is 0 Å². The number of hydrogen-bond acceptors (Lipinski definition) is 2. The molecular weight excluding hydrogens is 234 g/mol. The predicted molar refractivity (Wildman–Crippen MR) is 80.0 cm³/mol. The first kappa shape index (κ1) is 14.6. The standard InChI is InChI=1S/C16H29N3/c1-16(2,3)14-8-4-5-9-15(14)17-10-6-12-19-13-7-11-18-19/h7,11,13-15,17H,4-6,8-10,12H2,1-3H3. The van der Waals surface area contributed by atoms with Gasteiger partial charge in [-0.3, -0.25) is 4.68 Å². The van der Waals surface area contributed by atoms with Crippen molar-refractivity contribution in [3.63, 3.8) is 0 Å². The molecule has 1 saturated carbocycles. The van der Waals surface area contributed by atoms with Crippen LogP contribution in [0, 0.1) is 11.3 Å². The Hall–Kier alpha value is -0.830. The molecule has 0 spiro atoms. The number of nitrogens with one attached hydrogen (secondary N) is 1. The Morgan fingerprint density at radius 2 is 2.05 bits per heavy atom. The Bertz CT molecular complexity index is 351. The minimum absolute atomic E-state index is 0.431. The monoisotopic (exact) mass is 263 g/mol. The molecule has 1 aromatic rings. The largest absolute Gasteiger partial charge is 0.314 e. The van der Waals surface area contributed by atoms with E-state index in [1.807, 2.05) is 23.1 Å². The molecule has 0 radical (unpaired) electrons. The van der Waals surface area contributed by atoms with Gasteiger partial charge in [0.05, 0.1) is 0 Å². The van der Waals surface area contributed by atoms with Gasteiger partial charge in [-0.2, -0.15) is 5.10 Å². The zero-order valence-electron chi connectivity index (χ0n) is 12.7. The van der Waals surface area contributed by atoms with Crippen molar-refractivity contribution in [2.75, 3.05) is 6.54 Å². The molecule has 1 N–H and O–H groups in total. The molecule has 108 valence electrons. The van der Waals surface area contributed by atoms with Crippen LogP contribution in [0.15, 0.2) is 18.5 Å². The molecule has 0 aromatic carbocycles. The van der Waals surface area contributed by atoms with Crippen LogP contribution in [0.1, 0.15) is 52.9 Å². The Kier molecular flexibility index (Phi) is 5.03. The maximum Gasteiger partial charge on any atom is 0.0489 e. The zero-order chi connectivity index (χ0) is 13.7. The van der Waals surface area contributed by atoms with E-state index in [0.717, 1.165) is 25.4 Å². The Morgan fingerprint density at radius 1 is 1.26 bits per heavy atom. The van der Waals surface area contributed by atoms with Crippen molar-refractivity contribution < 1.29 is 0 Å². The van der Waals surface area contributed by atoms with E-state index in [9.17, 15) is 0 Å². The van der Waals surface area contributed by atoms with Crippen LogP contribution in [0.2, 0.25) is 0 Å². The Balaban J connectivity index is 1.74. The van der Waals surface area contributed by atoms with Crippen molar-refractivity contribution in [2.24, 2.45) is 11.3 Å². The fraction of sp³-hybridized carbons (Fsp3) is 0.812. The molecule has 0 amide bonds. The van der Waals surface area contributed by atoms with E-state index in [0.29, 0.717) is 11.5 Å². The van der Waals surface area contributed by atoms with Gasteiger partial charge in [0.15, 0.2) is 0 Å². The maximum absolute atomic E-state index is 4.24. The van der Waals surface area contributed by atoms with Crippen molar-refractivity contribution in [3.8, 4) is 0 Å². The molecule has 19 heavy (non-hydrogen) atoms. The third kappa shape index (κ3) is 4.34. The van der Waals surface area contributed by atoms with Crippen LogP contribution in [0.3, 0.4) is 0 Å². The van der Waals surface area contributed by atoms with Crippen LogP contribution >= 0.6 is 0 Å². The van der Waals surface area contributed by atoms with Crippen LogP contribution in [0.25, 0.3) is 0 Å². The summed E-state index contributed by atoms with van der Waals surface area (Å²) in [5.74, 6) is 0.825. The normalized spacial score (nSPS) is 24.6. The number of aromatic nitrogens is 2. The summed E-state index contributed by atoms with van der Waals surface area (Å²) in [6.07, 6.45) is 10.6. The number of aryl methyl sites for hydroxylation is 1. The van der Waals surface area contributed by atoms with Crippen molar-refractivity contribution >= 4 is 0 Å². The fourth-order valence-corrected chi connectivity index (χ4v) is 3.37. The van der Waals surface area contributed by atoms with Gasteiger partial charge in [-0.25, -0.2) is 0 Å². The highest BCUT2D eigenvalue weighted by molar-refractivity contribution is 4.88. The van der Waals surface area contributed by atoms with Gasteiger partial charge in [-0.05, 0) is 43.2 Å². The third-order valence-corrected chi connectivity index (χ3v) is 4.41. The van der Waals surface area contributed by atoms with E-state index in [1.54, 1.807) is 0 Å². The molecule has 0 bridgehead atoms. The maximum atomic E-state index is 4.24. The topological polar surface area (TPSA) is 29.9 Å². The molecule has 1 aromatic heterocycles. The van der Waals surface area contributed by atoms with Crippen molar-refractivity contribution in [1.82, 2.24) is 15.1 Å². The minimum atomic E-state index is 0.431. The Morgan fingerprint density at radius 3 is 2.74 bits per heavy atom. The fourth-order valence-electron chi connectivity index (χ4n) is 3.37. The van der Waals surface area contributed by atoms with Gasteiger partial charge in [0.1, 0.15) is 0 Å². The highest BCUT2D eigenvalue weighted by atomic mass is 15.3. The Labute approximate surface area is 117 Å². The summed E-state index contributed by atoms with van der Waals surface area (Å²) in [5.41, 5.74) is 0.431. The van der Waals surface area contributed by atoms with Crippen LogP contribution in [-0.4, -0.2) is 22.4 Å². The summed E-state index contributed by atoms with van der Waals surface area (Å²) in [6, 6.07) is 2.70. The van der Waals surface area contributed by atoms with Gasteiger partial charge in [0, 0.05) is 25.0 Å². The quantitative estimate of drug-likeness (QED) is 0.824. The van der Waals surface area contributed by atoms with Gasteiger partial charge in [-0.15, -0.1) is 0 Å². The summed E-state index contributed by atoms with van der Waals surface area (Å²) in [6.45, 7) is 9.30. The van der Waals surface area contributed by atoms with Crippen molar-refractivity contribution in [3.05, 3.63) is 18.5 Å². The molecule has 2 atom stereocenters. The molecule has 2 unspecified atom stereocenters. The number of hydrogen-bond donors (Lipinski definition) is 1. The van der Waals surface area contributed by atoms with Crippen LogP contribution in [0.4, 0.5) is 0 Å². The number of nitrogens with zero attached hydrogens (tertiary/aromatic N) is 2. The van der Waals surface area contributed by atoms with Gasteiger partial charge < -0.3 is 5.32 Å². The molecule has 2 rings (SSSR count). The molecule has 1 heterocycles. The number of rotatable bonds is 5. The summed E-state index contributed by atoms with van der Waals surface area (Å²) in [4.78, 5) is 0. The van der Waals surface area contributed by atoms with Crippen LogP contribution in [0.5, 0.6) is 0 Å². The van der Waals surface area contributed by atoms with E-state index in [1.165, 1.54) is 25.7 Å². The first-order valence-electron chi connectivity index (χ1n) is 7.78. The van der Waals surface area contributed by atoms with Gasteiger partial charge >= 0.3 is 0 Å². The second-order valence-electron chi connectivity index (χ2n) is 6.94. The molecule has 1 fully saturated rings. The lowest BCUT2D eigenvalue weighted by atomic mass is 9.69. The van der Waals surface area contributed by atoms with Crippen LogP contribution in [-0.2, 0) is 6.54 Å². The van der Waals surface area contributed by atoms with Gasteiger partial charge in [-0.1, -0.05) is 33.6 Å². The summed E-state index contributed by atoms with van der Waals surface area (Å²) in [5, 5.41) is 8.04. The lowest BCUT2D eigenvalue weighted by Gasteiger charge is -2.41. The predicted octanol–water partition coefficient (Wildman–Crippen LogP) is 3.47. The van der Waals surface area contributed by atoms with Gasteiger partial charge in [0.25, 0.3) is 0 Å². The van der Waals surface area contributed by atoms with Crippen molar-refractivity contribution in [1.29, 1.82) is 0 Å². The van der Waals surface area contributed by atoms with E-state index in [2.05, 4.69) is 31.2 Å². The average Bonchev–Trinajstić information content (AvgIpc) is 2.87. The highest BCUT2D eigenvalue weighted by Crippen LogP contribution is 2.37.